The van der Waals surface area contributed by atoms with Crippen molar-refractivity contribution in [3.05, 3.63) is 65.2 Å². The number of hydrogen-bond donors (Lipinski definition) is 1. The maximum atomic E-state index is 12.9. The van der Waals surface area contributed by atoms with Crippen molar-refractivity contribution in [2.45, 2.75) is 32.8 Å². The van der Waals surface area contributed by atoms with Gasteiger partial charge in [0.25, 0.3) is 5.91 Å². The van der Waals surface area contributed by atoms with Crippen LogP contribution in [0.5, 0.6) is 0 Å². The molecule has 27 heavy (non-hydrogen) atoms. The largest absolute Gasteiger partial charge is 0.376 e. The Kier molecular flexibility index (Phi) is 4.90. The van der Waals surface area contributed by atoms with Crippen LogP contribution in [0.2, 0.25) is 0 Å². The van der Waals surface area contributed by atoms with Crippen molar-refractivity contribution in [3.63, 3.8) is 0 Å². The number of nitrogens with zero attached hydrogens (tertiary/aromatic N) is 1. The second-order valence-electron chi connectivity index (χ2n) is 7.24. The fourth-order valence-electron chi connectivity index (χ4n) is 3.71. The Balaban J connectivity index is 1.73. The van der Waals surface area contributed by atoms with Gasteiger partial charge in [-0.2, -0.15) is 0 Å². The molecule has 0 spiro atoms. The molecular formula is C23H24N2O2. The molecule has 1 saturated heterocycles. The average molecular weight is 360 g/mol. The van der Waals surface area contributed by atoms with Crippen LogP contribution in [-0.4, -0.2) is 30.1 Å². The summed E-state index contributed by atoms with van der Waals surface area (Å²) in [7, 11) is 0. The van der Waals surface area contributed by atoms with Gasteiger partial charge in [-0.25, -0.2) is 4.98 Å². The molecule has 1 amide bonds. The molecule has 0 unspecified atom stereocenters. The summed E-state index contributed by atoms with van der Waals surface area (Å²) in [5.74, 6) is -0.0740. The number of para-hydroxylation sites is 1. The minimum absolute atomic E-state index is 0.0740. The highest BCUT2D eigenvalue weighted by molar-refractivity contribution is 6.07. The normalized spacial score (nSPS) is 16.6. The van der Waals surface area contributed by atoms with Crippen molar-refractivity contribution in [1.29, 1.82) is 0 Å². The molecule has 1 aromatic heterocycles. The molecule has 2 heterocycles. The number of benzene rings is 2. The van der Waals surface area contributed by atoms with Crippen LogP contribution in [0.1, 0.15) is 34.3 Å². The number of ether oxygens (including phenoxy) is 1. The van der Waals surface area contributed by atoms with Crippen molar-refractivity contribution in [2.24, 2.45) is 0 Å². The van der Waals surface area contributed by atoms with Gasteiger partial charge in [0.1, 0.15) is 0 Å². The molecule has 1 fully saturated rings. The highest BCUT2D eigenvalue weighted by Gasteiger charge is 2.19. The molecule has 0 saturated carbocycles. The molecule has 0 radical (unpaired) electrons. The summed E-state index contributed by atoms with van der Waals surface area (Å²) in [6.45, 7) is 5.49. The maximum absolute atomic E-state index is 12.9. The first-order valence-electron chi connectivity index (χ1n) is 9.49. The summed E-state index contributed by atoms with van der Waals surface area (Å²) in [5.41, 5.74) is 5.74. The summed E-state index contributed by atoms with van der Waals surface area (Å²) in [4.78, 5) is 17.8. The van der Waals surface area contributed by atoms with Crippen molar-refractivity contribution < 1.29 is 9.53 Å². The molecule has 0 bridgehead atoms. The monoisotopic (exact) mass is 360 g/mol. The zero-order chi connectivity index (χ0) is 18.8. The summed E-state index contributed by atoms with van der Waals surface area (Å²) in [6.07, 6.45) is 2.20. The van der Waals surface area contributed by atoms with Gasteiger partial charge in [-0.1, -0.05) is 42.0 Å². The van der Waals surface area contributed by atoms with E-state index < -0.39 is 0 Å². The Morgan fingerprint density at radius 3 is 2.81 bits per heavy atom. The van der Waals surface area contributed by atoms with E-state index in [2.05, 4.69) is 37.4 Å². The summed E-state index contributed by atoms with van der Waals surface area (Å²) < 4.78 is 5.62. The van der Waals surface area contributed by atoms with Gasteiger partial charge in [0, 0.05) is 24.1 Å². The van der Waals surface area contributed by atoms with Crippen molar-refractivity contribution in [1.82, 2.24) is 10.3 Å². The van der Waals surface area contributed by atoms with Gasteiger partial charge in [0.15, 0.2) is 0 Å². The van der Waals surface area contributed by atoms with Gasteiger partial charge in [-0.05, 0) is 44.4 Å². The molecule has 1 aliphatic rings. The second kappa shape index (κ2) is 7.49. The average Bonchev–Trinajstić information content (AvgIpc) is 3.19. The second-order valence-corrected chi connectivity index (χ2v) is 7.24. The van der Waals surface area contributed by atoms with Gasteiger partial charge >= 0.3 is 0 Å². The van der Waals surface area contributed by atoms with Crippen molar-refractivity contribution in [3.8, 4) is 11.3 Å². The van der Waals surface area contributed by atoms with Gasteiger partial charge in [0.2, 0.25) is 0 Å². The first-order chi connectivity index (χ1) is 13.1. The standard InChI is InChI=1S/C23H24N2O2/c1-15-9-10-18(16(2)12-15)22-13-20(19-7-3-4-8-21(19)25-22)23(26)24-14-17-6-5-11-27-17/h3-4,7-10,12-13,17H,5-6,11,14H2,1-2H3,(H,24,26)/t17-/m1/s1. The Morgan fingerprint density at radius 2 is 2.04 bits per heavy atom. The van der Waals surface area contributed by atoms with E-state index in [4.69, 9.17) is 9.72 Å². The molecule has 4 nitrogen and oxygen atoms in total. The summed E-state index contributed by atoms with van der Waals surface area (Å²) in [6, 6.07) is 16.0. The van der Waals surface area contributed by atoms with Gasteiger partial charge in [-0.3, -0.25) is 4.79 Å². The number of carbonyl (C=O) groups is 1. The van der Waals surface area contributed by atoms with E-state index in [1.54, 1.807) is 0 Å². The third-order valence-corrected chi connectivity index (χ3v) is 5.13. The number of nitrogens with one attached hydrogen (secondary N) is 1. The molecule has 0 aliphatic carbocycles. The lowest BCUT2D eigenvalue weighted by atomic mass is 9.99. The van der Waals surface area contributed by atoms with E-state index in [1.807, 2.05) is 30.3 Å². The molecule has 1 aliphatic heterocycles. The van der Waals surface area contributed by atoms with Crippen LogP contribution in [0.4, 0.5) is 0 Å². The zero-order valence-corrected chi connectivity index (χ0v) is 15.8. The lowest BCUT2D eigenvalue weighted by Gasteiger charge is -2.14. The van der Waals surface area contributed by atoms with Gasteiger partial charge in [0.05, 0.1) is 22.9 Å². The summed E-state index contributed by atoms with van der Waals surface area (Å²) in [5, 5.41) is 3.91. The lowest BCUT2D eigenvalue weighted by Crippen LogP contribution is -2.32. The smallest absolute Gasteiger partial charge is 0.252 e. The summed E-state index contributed by atoms with van der Waals surface area (Å²) >= 11 is 0. The zero-order valence-electron chi connectivity index (χ0n) is 15.8. The molecule has 138 valence electrons. The molecule has 4 heteroatoms. The minimum atomic E-state index is -0.0740. The molecular weight excluding hydrogens is 336 g/mol. The lowest BCUT2D eigenvalue weighted by molar-refractivity contribution is 0.0859. The number of hydrogen-bond acceptors (Lipinski definition) is 3. The fraction of sp³-hybridized carbons (Fsp3) is 0.304. The van der Waals surface area contributed by atoms with Crippen molar-refractivity contribution in [2.75, 3.05) is 13.2 Å². The SMILES string of the molecule is Cc1ccc(-c2cc(C(=O)NC[C@H]3CCCO3)c3ccccc3n2)c(C)c1. The van der Waals surface area contributed by atoms with Crippen LogP contribution in [-0.2, 0) is 4.74 Å². The van der Waals surface area contributed by atoms with E-state index in [0.29, 0.717) is 12.1 Å². The minimum Gasteiger partial charge on any atom is -0.376 e. The predicted octanol–water partition coefficient (Wildman–Crippen LogP) is 4.43. The van der Waals surface area contributed by atoms with Crippen LogP contribution in [0.15, 0.2) is 48.5 Å². The third kappa shape index (κ3) is 3.71. The highest BCUT2D eigenvalue weighted by atomic mass is 16.5. The van der Waals surface area contributed by atoms with E-state index in [0.717, 1.165) is 47.2 Å². The molecule has 1 N–H and O–H groups in total. The van der Waals surface area contributed by atoms with E-state index in [1.165, 1.54) is 5.56 Å². The topological polar surface area (TPSA) is 51.2 Å². The first-order valence-corrected chi connectivity index (χ1v) is 9.49. The van der Waals surface area contributed by atoms with E-state index in [-0.39, 0.29) is 12.0 Å². The highest BCUT2D eigenvalue weighted by Crippen LogP contribution is 2.27. The predicted molar refractivity (Wildman–Crippen MR) is 108 cm³/mol. The van der Waals surface area contributed by atoms with Crippen LogP contribution >= 0.6 is 0 Å². The van der Waals surface area contributed by atoms with Gasteiger partial charge in [-0.15, -0.1) is 0 Å². The van der Waals surface area contributed by atoms with Crippen LogP contribution in [0.3, 0.4) is 0 Å². The number of amides is 1. The fourth-order valence-corrected chi connectivity index (χ4v) is 3.71. The Hall–Kier alpha value is -2.72. The number of carbonyl (C=O) groups excluding carboxylic acids is 1. The Labute approximate surface area is 159 Å². The van der Waals surface area contributed by atoms with Crippen molar-refractivity contribution >= 4 is 16.8 Å². The first kappa shape index (κ1) is 17.7. The number of fused-ring (bicyclic) bond motifs is 1. The number of rotatable bonds is 4. The molecule has 4 rings (SSSR count). The number of pyridine rings is 1. The molecule has 1 atom stereocenters. The van der Waals surface area contributed by atoms with Gasteiger partial charge < -0.3 is 10.1 Å². The molecule has 2 aromatic carbocycles. The van der Waals surface area contributed by atoms with Crippen LogP contribution in [0, 0.1) is 13.8 Å². The number of aryl methyl sites for hydroxylation is 2. The number of aromatic nitrogens is 1. The Morgan fingerprint density at radius 1 is 1.19 bits per heavy atom. The van der Waals surface area contributed by atoms with E-state index >= 15 is 0 Å². The third-order valence-electron chi connectivity index (χ3n) is 5.13. The van der Waals surface area contributed by atoms with Crippen LogP contribution < -0.4 is 5.32 Å². The molecule has 3 aromatic rings. The Bertz CT molecular complexity index is 991. The quantitative estimate of drug-likeness (QED) is 0.749. The van der Waals surface area contributed by atoms with Crippen LogP contribution in [0.25, 0.3) is 22.2 Å². The maximum Gasteiger partial charge on any atom is 0.252 e. The van der Waals surface area contributed by atoms with E-state index in [9.17, 15) is 4.79 Å².